The van der Waals surface area contributed by atoms with Gasteiger partial charge >= 0.3 is 0 Å². The molecule has 0 bridgehead atoms. The van der Waals surface area contributed by atoms with Gasteiger partial charge in [0.25, 0.3) is 0 Å². The highest BCUT2D eigenvalue weighted by Crippen LogP contribution is 2.10. The third kappa shape index (κ3) is 4.66. The first kappa shape index (κ1) is 14.0. The monoisotopic (exact) mass is 290 g/mol. The quantitative estimate of drug-likeness (QED) is 0.753. The molecule has 0 spiro atoms. The van der Waals surface area contributed by atoms with Crippen molar-refractivity contribution in [3.63, 3.8) is 0 Å². The van der Waals surface area contributed by atoms with E-state index in [2.05, 4.69) is 0 Å². The minimum Gasteiger partial charge on any atom is -0.254 e. The molecule has 0 N–H and O–H groups in total. The van der Waals surface area contributed by atoms with E-state index in [0.717, 1.165) is 16.3 Å². The second-order valence-electron chi connectivity index (χ2n) is 4.13. The topological polar surface area (TPSA) is 17.1 Å². The highest BCUT2D eigenvalue weighted by Gasteiger charge is 1.99. The Morgan fingerprint density at radius 1 is 0.947 bits per heavy atom. The minimum absolute atomic E-state index is 0.553. The molecule has 0 saturated heterocycles. The molecule has 0 aliphatic carbocycles. The van der Waals surface area contributed by atoms with Crippen molar-refractivity contribution in [2.75, 3.05) is 5.75 Å². The molecule has 98 valence electrons. The van der Waals surface area contributed by atoms with Crippen molar-refractivity contribution in [3.05, 3.63) is 77.3 Å². The van der Waals surface area contributed by atoms with Gasteiger partial charge in [-0.3, -0.25) is 4.21 Å². The number of hydrogen-bond acceptors (Lipinski definition) is 1. The molecular weight excluding hydrogens is 276 g/mol. The second kappa shape index (κ2) is 7.27. The van der Waals surface area contributed by atoms with E-state index in [4.69, 9.17) is 11.6 Å². The average molecular weight is 291 g/mol. The molecule has 1 atom stereocenters. The zero-order chi connectivity index (χ0) is 13.5. The van der Waals surface area contributed by atoms with Crippen LogP contribution >= 0.6 is 11.6 Å². The lowest BCUT2D eigenvalue weighted by atomic mass is 10.1. The molecule has 1 nitrogen and oxygen atoms in total. The van der Waals surface area contributed by atoms with Crippen LogP contribution in [0.4, 0.5) is 0 Å². The summed E-state index contributed by atoms with van der Waals surface area (Å²) in [6.07, 6.45) is 4.85. The lowest BCUT2D eigenvalue weighted by Crippen LogP contribution is -1.94. The number of rotatable bonds is 5. The second-order valence-corrected chi connectivity index (χ2v) is 6.06. The van der Waals surface area contributed by atoms with Gasteiger partial charge in [0, 0.05) is 15.7 Å². The fraction of sp³-hybridized carbons (Fsp3) is 0.125. The van der Waals surface area contributed by atoms with Gasteiger partial charge in [-0.1, -0.05) is 54.1 Å². The van der Waals surface area contributed by atoms with Crippen molar-refractivity contribution in [2.45, 2.75) is 11.3 Å². The molecule has 0 fully saturated rings. The van der Waals surface area contributed by atoms with Crippen molar-refractivity contribution >= 4 is 22.4 Å². The summed E-state index contributed by atoms with van der Waals surface area (Å²) in [5.41, 5.74) is 1.20. The predicted octanol–water partition coefficient (Wildman–Crippen LogP) is 4.25. The smallest absolute Gasteiger partial charge is 0.0567 e. The van der Waals surface area contributed by atoms with Crippen LogP contribution in [0.2, 0.25) is 5.02 Å². The zero-order valence-corrected chi connectivity index (χ0v) is 12.0. The van der Waals surface area contributed by atoms with E-state index in [1.54, 1.807) is 0 Å². The first-order chi connectivity index (χ1) is 9.25. The van der Waals surface area contributed by atoms with Gasteiger partial charge in [0.15, 0.2) is 0 Å². The number of hydrogen-bond donors (Lipinski definition) is 0. The van der Waals surface area contributed by atoms with Crippen LogP contribution in [0.3, 0.4) is 0 Å². The van der Waals surface area contributed by atoms with Crippen molar-refractivity contribution in [2.24, 2.45) is 0 Å². The van der Waals surface area contributed by atoms with Crippen LogP contribution in [0.25, 0.3) is 0 Å². The molecule has 2 aromatic rings. The van der Waals surface area contributed by atoms with Crippen LogP contribution < -0.4 is 0 Å². The minimum atomic E-state index is -0.953. The van der Waals surface area contributed by atoms with Crippen LogP contribution in [0, 0.1) is 0 Å². The van der Waals surface area contributed by atoms with Crippen molar-refractivity contribution < 1.29 is 4.21 Å². The summed E-state index contributed by atoms with van der Waals surface area (Å²) < 4.78 is 11.9. The fourth-order valence-corrected chi connectivity index (χ4v) is 2.75. The zero-order valence-electron chi connectivity index (χ0n) is 10.5. The molecule has 0 aliphatic heterocycles. The van der Waals surface area contributed by atoms with E-state index in [1.807, 2.05) is 66.7 Å². The summed E-state index contributed by atoms with van der Waals surface area (Å²) in [6.45, 7) is 0. The number of halogens is 1. The van der Waals surface area contributed by atoms with E-state index < -0.39 is 10.8 Å². The Kier molecular flexibility index (Phi) is 5.37. The van der Waals surface area contributed by atoms with E-state index >= 15 is 0 Å². The molecule has 0 heterocycles. The summed E-state index contributed by atoms with van der Waals surface area (Å²) in [5.74, 6) is 0.553. The van der Waals surface area contributed by atoms with Gasteiger partial charge in [0.1, 0.15) is 0 Å². The largest absolute Gasteiger partial charge is 0.254 e. The third-order valence-corrected chi connectivity index (χ3v) is 4.23. The van der Waals surface area contributed by atoms with Crippen LogP contribution in [0.5, 0.6) is 0 Å². The molecule has 0 radical (unpaired) electrons. The van der Waals surface area contributed by atoms with Gasteiger partial charge < -0.3 is 0 Å². The van der Waals surface area contributed by atoms with Crippen LogP contribution in [-0.2, 0) is 17.2 Å². The lowest BCUT2D eigenvalue weighted by Gasteiger charge is -1.98. The van der Waals surface area contributed by atoms with E-state index in [0.29, 0.717) is 5.75 Å². The molecule has 0 saturated carbocycles. The molecule has 2 aromatic carbocycles. The molecule has 0 aromatic heterocycles. The SMILES string of the molecule is O=S(CC=CCc1ccc(Cl)cc1)c1ccccc1. The van der Waals surface area contributed by atoms with E-state index in [1.165, 1.54) is 5.56 Å². The summed E-state index contributed by atoms with van der Waals surface area (Å²) in [7, 11) is -0.953. The summed E-state index contributed by atoms with van der Waals surface area (Å²) in [4.78, 5) is 0.874. The number of benzene rings is 2. The first-order valence-electron chi connectivity index (χ1n) is 6.08. The van der Waals surface area contributed by atoms with Gasteiger partial charge in [-0.15, -0.1) is 0 Å². The van der Waals surface area contributed by atoms with Gasteiger partial charge in [0.05, 0.1) is 10.8 Å². The third-order valence-electron chi connectivity index (χ3n) is 2.69. The Labute approximate surface area is 121 Å². The Morgan fingerprint density at radius 3 is 2.32 bits per heavy atom. The summed E-state index contributed by atoms with van der Waals surface area (Å²) >= 11 is 5.82. The van der Waals surface area contributed by atoms with Crippen molar-refractivity contribution in [1.29, 1.82) is 0 Å². The lowest BCUT2D eigenvalue weighted by molar-refractivity contribution is 0.685. The standard InChI is InChI=1S/C16H15ClOS/c17-15-11-9-14(10-12-15)6-4-5-13-19(18)16-7-2-1-3-8-16/h1-5,7-12H,6,13H2. The first-order valence-corrected chi connectivity index (χ1v) is 7.78. The Hall–Kier alpha value is -1.38. The summed E-state index contributed by atoms with van der Waals surface area (Å²) in [6, 6.07) is 17.3. The van der Waals surface area contributed by atoms with Gasteiger partial charge in [-0.2, -0.15) is 0 Å². The Morgan fingerprint density at radius 2 is 1.63 bits per heavy atom. The molecule has 0 aliphatic rings. The molecular formula is C16H15ClOS. The Balaban J connectivity index is 1.84. The average Bonchev–Trinajstić information content (AvgIpc) is 2.46. The highest BCUT2D eigenvalue weighted by atomic mass is 35.5. The molecule has 2 rings (SSSR count). The predicted molar refractivity (Wildman–Crippen MR) is 82.0 cm³/mol. The van der Waals surface area contributed by atoms with Crippen LogP contribution in [0.1, 0.15) is 5.56 Å². The highest BCUT2D eigenvalue weighted by molar-refractivity contribution is 7.85. The van der Waals surface area contributed by atoms with Crippen molar-refractivity contribution in [1.82, 2.24) is 0 Å². The molecule has 19 heavy (non-hydrogen) atoms. The van der Waals surface area contributed by atoms with Gasteiger partial charge in [0.2, 0.25) is 0 Å². The Bertz CT molecular complexity index is 561. The molecule has 0 amide bonds. The van der Waals surface area contributed by atoms with Crippen LogP contribution in [-0.4, -0.2) is 9.96 Å². The van der Waals surface area contributed by atoms with E-state index in [9.17, 15) is 4.21 Å². The fourth-order valence-electron chi connectivity index (χ4n) is 1.66. The normalized spacial score (nSPS) is 12.7. The molecule has 1 unspecified atom stereocenters. The molecule has 3 heteroatoms. The van der Waals surface area contributed by atoms with E-state index in [-0.39, 0.29) is 0 Å². The maximum absolute atomic E-state index is 11.9. The van der Waals surface area contributed by atoms with Gasteiger partial charge in [-0.05, 0) is 36.2 Å². The summed E-state index contributed by atoms with van der Waals surface area (Å²) in [5, 5.41) is 0.748. The maximum atomic E-state index is 11.9. The van der Waals surface area contributed by atoms with Crippen LogP contribution in [0.15, 0.2) is 71.6 Å². The number of allylic oxidation sites excluding steroid dienone is 1. The van der Waals surface area contributed by atoms with Crippen molar-refractivity contribution in [3.8, 4) is 0 Å². The maximum Gasteiger partial charge on any atom is 0.0567 e. The van der Waals surface area contributed by atoms with Gasteiger partial charge in [-0.25, -0.2) is 0 Å².